The van der Waals surface area contributed by atoms with Crippen LogP contribution in [0.4, 0.5) is 11.8 Å². The summed E-state index contributed by atoms with van der Waals surface area (Å²) >= 11 is 0. The Kier molecular flexibility index (Phi) is 5.38. The Morgan fingerprint density at radius 3 is 2.79 bits per heavy atom. The number of benzene rings is 1. The lowest BCUT2D eigenvalue weighted by molar-refractivity contribution is 0.0929. The van der Waals surface area contributed by atoms with Crippen LogP contribution in [0.3, 0.4) is 0 Å². The second kappa shape index (κ2) is 8.26. The average molecular weight is 381 g/mol. The van der Waals surface area contributed by atoms with Crippen LogP contribution in [0.1, 0.15) is 16.2 Å². The van der Waals surface area contributed by atoms with Crippen molar-refractivity contribution in [3.8, 4) is 0 Å². The molecule has 0 atom stereocenters. The summed E-state index contributed by atoms with van der Waals surface area (Å²) in [7, 11) is 0. The van der Waals surface area contributed by atoms with Gasteiger partial charge in [-0.1, -0.05) is 18.2 Å². The molecule has 8 nitrogen and oxygen atoms in total. The Morgan fingerprint density at radius 2 is 1.96 bits per heavy atom. The maximum absolute atomic E-state index is 12.3. The summed E-state index contributed by atoms with van der Waals surface area (Å²) in [6, 6.07) is 11.3. The van der Waals surface area contributed by atoms with E-state index in [9.17, 15) is 4.79 Å². The SMILES string of the molecule is Cc1cc(N2CCOCC2)nc(NCCNC(=O)c2cc3ccccc3o2)n1. The molecule has 0 aliphatic carbocycles. The van der Waals surface area contributed by atoms with E-state index in [-0.39, 0.29) is 5.91 Å². The number of para-hydroxylation sites is 1. The highest BCUT2D eigenvalue weighted by atomic mass is 16.5. The quantitative estimate of drug-likeness (QED) is 0.633. The number of anilines is 2. The van der Waals surface area contributed by atoms with Crippen molar-refractivity contribution in [3.05, 3.63) is 47.9 Å². The highest BCUT2D eigenvalue weighted by Gasteiger charge is 2.14. The molecule has 0 unspecified atom stereocenters. The van der Waals surface area contributed by atoms with Crippen LogP contribution in [0.25, 0.3) is 11.0 Å². The third-order valence-electron chi connectivity index (χ3n) is 4.52. The van der Waals surface area contributed by atoms with Crippen LogP contribution in [0.2, 0.25) is 0 Å². The van der Waals surface area contributed by atoms with Crippen LogP contribution in [-0.4, -0.2) is 55.3 Å². The van der Waals surface area contributed by atoms with Gasteiger partial charge >= 0.3 is 0 Å². The zero-order valence-electron chi connectivity index (χ0n) is 15.8. The molecular formula is C20H23N5O3. The van der Waals surface area contributed by atoms with E-state index in [0.717, 1.165) is 30.0 Å². The molecule has 1 aliphatic heterocycles. The summed E-state index contributed by atoms with van der Waals surface area (Å²) in [5, 5.41) is 6.93. The van der Waals surface area contributed by atoms with Gasteiger partial charge in [0, 0.05) is 43.3 Å². The first-order valence-corrected chi connectivity index (χ1v) is 9.38. The van der Waals surface area contributed by atoms with E-state index in [4.69, 9.17) is 9.15 Å². The largest absolute Gasteiger partial charge is 0.451 e. The lowest BCUT2D eigenvalue weighted by Gasteiger charge is -2.28. The fourth-order valence-electron chi connectivity index (χ4n) is 3.12. The molecule has 1 aliphatic rings. The van der Waals surface area contributed by atoms with E-state index in [1.807, 2.05) is 37.3 Å². The highest BCUT2D eigenvalue weighted by Crippen LogP contribution is 2.18. The Labute approximate surface area is 162 Å². The second-order valence-corrected chi connectivity index (χ2v) is 6.62. The molecule has 4 rings (SSSR count). The van der Waals surface area contributed by atoms with Crippen molar-refractivity contribution in [1.82, 2.24) is 15.3 Å². The van der Waals surface area contributed by atoms with Crippen LogP contribution < -0.4 is 15.5 Å². The van der Waals surface area contributed by atoms with Crippen LogP contribution in [-0.2, 0) is 4.74 Å². The predicted molar refractivity (Wildman–Crippen MR) is 107 cm³/mol. The molecule has 3 aromatic rings. The van der Waals surface area contributed by atoms with Gasteiger partial charge in [0.15, 0.2) is 5.76 Å². The molecule has 1 saturated heterocycles. The van der Waals surface area contributed by atoms with Crippen molar-refractivity contribution >= 4 is 28.6 Å². The van der Waals surface area contributed by atoms with Crippen molar-refractivity contribution < 1.29 is 13.9 Å². The number of fused-ring (bicyclic) bond motifs is 1. The zero-order valence-corrected chi connectivity index (χ0v) is 15.8. The number of carbonyl (C=O) groups excluding carboxylic acids is 1. The normalized spacial score (nSPS) is 14.2. The van der Waals surface area contributed by atoms with Crippen molar-refractivity contribution in [2.75, 3.05) is 49.6 Å². The summed E-state index contributed by atoms with van der Waals surface area (Å²) in [5.41, 5.74) is 1.60. The Hall–Kier alpha value is -3.13. The topological polar surface area (TPSA) is 92.5 Å². The number of morpholine rings is 1. The molecule has 28 heavy (non-hydrogen) atoms. The number of hydrogen-bond donors (Lipinski definition) is 2. The van der Waals surface area contributed by atoms with Crippen LogP contribution >= 0.6 is 0 Å². The Balaban J connectivity index is 1.31. The number of nitrogens with one attached hydrogen (secondary N) is 2. The van der Waals surface area contributed by atoms with Crippen LogP contribution in [0.15, 0.2) is 40.8 Å². The van der Waals surface area contributed by atoms with Gasteiger partial charge in [0.25, 0.3) is 5.91 Å². The number of ether oxygens (including phenoxy) is 1. The molecule has 3 heterocycles. The number of aryl methyl sites for hydroxylation is 1. The van der Waals surface area contributed by atoms with Gasteiger partial charge in [-0.25, -0.2) is 4.98 Å². The van der Waals surface area contributed by atoms with Crippen molar-refractivity contribution in [2.45, 2.75) is 6.92 Å². The molecule has 8 heteroatoms. The van der Waals surface area contributed by atoms with Gasteiger partial charge in [-0.3, -0.25) is 4.79 Å². The van der Waals surface area contributed by atoms with Gasteiger partial charge in [-0.2, -0.15) is 4.98 Å². The summed E-state index contributed by atoms with van der Waals surface area (Å²) in [4.78, 5) is 23.4. The first-order chi connectivity index (χ1) is 13.7. The molecule has 0 saturated carbocycles. The number of amides is 1. The Morgan fingerprint density at radius 1 is 1.14 bits per heavy atom. The predicted octanol–water partition coefficient (Wildman–Crippen LogP) is 2.21. The standard InChI is InChI=1S/C20H23N5O3/c1-14-12-18(25-8-10-27-11-9-25)24-20(23-14)22-7-6-21-19(26)17-13-15-4-2-3-5-16(15)28-17/h2-5,12-13H,6-11H2,1H3,(H,21,26)(H,22,23,24). The number of carbonyl (C=O) groups is 1. The van der Waals surface area contributed by atoms with E-state index in [0.29, 0.717) is 43.6 Å². The molecule has 0 radical (unpaired) electrons. The second-order valence-electron chi connectivity index (χ2n) is 6.62. The summed E-state index contributed by atoms with van der Waals surface area (Å²) < 4.78 is 11.0. The maximum atomic E-state index is 12.3. The Bertz CT molecular complexity index is 932. The molecule has 0 bridgehead atoms. The summed E-state index contributed by atoms with van der Waals surface area (Å²) in [6.45, 7) is 5.95. The fraction of sp³-hybridized carbons (Fsp3) is 0.350. The van der Waals surface area contributed by atoms with Gasteiger partial charge < -0.3 is 24.7 Å². The summed E-state index contributed by atoms with van der Waals surface area (Å²) in [6.07, 6.45) is 0. The molecular weight excluding hydrogens is 358 g/mol. The number of aromatic nitrogens is 2. The molecule has 0 spiro atoms. The van der Waals surface area contributed by atoms with E-state index >= 15 is 0 Å². The fourth-order valence-corrected chi connectivity index (χ4v) is 3.12. The third-order valence-corrected chi connectivity index (χ3v) is 4.52. The lowest BCUT2D eigenvalue weighted by Crippen LogP contribution is -2.37. The van der Waals surface area contributed by atoms with E-state index in [1.54, 1.807) is 6.07 Å². The van der Waals surface area contributed by atoms with Crippen molar-refractivity contribution in [3.63, 3.8) is 0 Å². The third kappa shape index (κ3) is 4.23. The first kappa shape index (κ1) is 18.2. The molecule has 2 N–H and O–H groups in total. The van der Waals surface area contributed by atoms with Gasteiger partial charge in [0.2, 0.25) is 5.95 Å². The van der Waals surface area contributed by atoms with Gasteiger partial charge in [-0.15, -0.1) is 0 Å². The number of furan rings is 1. The summed E-state index contributed by atoms with van der Waals surface area (Å²) in [5.74, 6) is 1.52. The highest BCUT2D eigenvalue weighted by molar-refractivity contribution is 5.96. The van der Waals surface area contributed by atoms with Crippen LogP contribution in [0.5, 0.6) is 0 Å². The van der Waals surface area contributed by atoms with Gasteiger partial charge in [0.1, 0.15) is 11.4 Å². The van der Waals surface area contributed by atoms with E-state index in [1.165, 1.54) is 0 Å². The van der Waals surface area contributed by atoms with Crippen molar-refractivity contribution in [2.24, 2.45) is 0 Å². The maximum Gasteiger partial charge on any atom is 0.287 e. The van der Waals surface area contributed by atoms with Gasteiger partial charge in [-0.05, 0) is 19.1 Å². The monoisotopic (exact) mass is 381 g/mol. The number of rotatable bonds is 6. The average Bonchev–Trinajstić information content (AvgIpc) is 3.16. The number of nitrogens with zero attached hydrogens (tertiary/aromatic N) is 3. The minimum absolute atomic E-state index is 0.239. The molecule has 1 aromatic carbocycles. The minimum Gasteiger partial charge on any atom is -0.451 e. The number of hydrogen-bond acceptors (Lipinski definition) is 7. The van der Waals surface area contributed by atoms with Crippen molar-refractivity contribution in [1.29, 1.82) is 0 Å². The molecule has 2 aromatic heterocycles. The molecule has 1 amide bonds. The van der Waals surface area contributed by atoms with Gasteiger partial charge in [0.05, 0.1) is 13.2 Å². The zero-order chi connectivity index (χ0) is 19.3. The molecule has 1 fully saturated rings. The van der Waals surface area contributed by atoms with E-state index < -0.39 is 0 Å². The van der Waals surface area contributed by atoms with Crippen LogP contribution in [0, 0.1) is 6.92 Å². The first-order valence-electron chi connectivity index (χ1n) is 9.38. The lowest BCUT2D eigenvalue weighted by atomic mass is 10.2. The minimum atomic E-state index is -0.239. The molecule has 146 valence electrons. The smallest absolute Gasteiger partial charge is 0.287 e. The van der Waals surface area contributed by atoms with E-state index in [2.05, 4.69) is 25.5 Å².